The first kappa shape index (κ1) is 18.5. The van der Waals surface area contributed by atoms with Crippen molar-refractivity contribution >= 4 is 40.5 Å². The number of rotatable bonds is 5. The number of halogens is 1. The molecule has 2 aromatic carbocycles. The molecule has 0 atom stereocenters. The highest BCUT2D eigenvalue weighted by atomic mass is 32.1. The number of H-pyrrole nitrogens is 2. The number of hydrogen-bond acceptors (Lipinski definition) is 4. The quantitative estimate of drug-likeness (QED) is 0.414. The minimum Gasteiger partial charge on any atom is -0.352 e. The number of carbonyl (C=O) groups excluding carboxylic acids is 1. The molecule has 0 fully saturated rings. The van der Waals surface area contributed by atoms with Crippen LogP contribution in [-0.4, -0.2) is 27.4 Å². The second kappa shape index (κ2) is 7.65. The predicted octanol–water partition coefficient (Wildman–Crippen LogP) is 4.77. The molecule has 0 aliphatic rings. The van der Waals surface area contributed by atoms with Crippen LogP contribution in [0.5, 0.6) is 0 Å². The molecule has 0 aliphatic carbocycles. The number of aryl methyl sites for hydroxylation is 1. The molecule has 4 rings (SSSR count). The molecule has 8 heteroatoms. The van der Waals surface area contributed by atoms with Crippen LogP contribution in [0.15, 0.2) is 41.8 Å². The Hall–Kier alpha value is -2.84. The summed E-state index contributed by atoms with van der Waals surface area (Å²) in [5, 5.41) is 5.92. The number of nitrogens with one attached hydrogen (secondary N) is 3. The van der Waals surface area contributed by atoms with Gasteiger partial charge in [0.05, 0.1) is 27.3 Å². The zero-order chi connectivity index (χ0) is 19.7. The largest absolute Gasteiger partial charge is 0.352 e. The fourth-order valence-electron chi connectivity index (χ4n) is 3.04. The summed E-state index contributed by atoms with van der Waals surface area (Å²) >= 11 is 6.66. The Kier molecular flexibility index (Phi) is 5.06. The first-order valence-electron chi connectivity index (χ1n) is 8.71. The van der Waals surface area contributed by atoms with Crippen LogP contribution in [0.1, 0.15) is 20.9 Å². The Balaban J connectivity index is 1.41. The first-order valence-corrected chi connectivity index (χ1v) is 9.99. The Morgan fingerprint density at radius 3 is 2.75 bits per heavy atom. The number of fused-ring (bicyclic) bond motifs is 1. The summed E-state index contributed by atoms with van der Waals surface area (Å²) < 4.78 is 14.1. The van der Waals surface area contributed by atoms with Gasteiger partial charge in [0.2, 0.25) is 0 Å². The Labute approximate surface area is 169 Å². The topological polar surface area (TPSA) is 73.6 Å². The minimum atomic E-state index is -0.490. The summed E-state index contributed by atoms with van der Waals surface area (Å²) in [6.45, 7) is 2.43. The lowest BCUT2D eigenvalue weighted by Crippen LogP contribution is -2.26. The van der Waals surface area contributed by atoms with Gasteiger partial charge in [-0.3, -0.25) is 4.79 Å². The molecule has 1 amide bonds. The average Bonchev–Trinajstić information content (AvgIpc) is 3.26. The molecule has 4 aromatic rings. The molecule has 0 bridgehead atoms. The van der Waals surface area contributed by atoms with E-state index < -0.39 is 5.82 Å². The molecule has 2 aromatic heterocycles. The summed E-state index contributed by atoms with van der Waals surface area (Å²) in [6.07, 6.45) is 0.670. The van der Waals surface area contributed by atoms with Gasteiger partial charge in [0.1, 0.15) is 5.82 Å². The molecule has 142 valence electrons. The summed E-state index contributed by atoms with van der Waals surface area (Å²) in [5.74, 6) is -0.833. The normalized spacial score (nSPS) is 11.1. The number of nitrogens with zero attached hydrogens (tertiary/aromatic N) is 1. The molecule has 0 unspecified atom stereocenters. The van der Waals surface area contributed by atoms with Gasteiger partial charge in [-0.1, -0.05) is 24.3 Å². The van der Waals surface area contributed by atoms with Crippen LogP contribution in [0.25, 0.3) is 22.3 Å². The van der Waals surface area contributed by atoms with Crippen LogP contribution >= 0.6 is 23.6 Å². The van der Waals surface area contributed by atoms with E-state index in [0.717, 1.165) is 21.8 Å². The van der Waals surface area contributed by atoms with Gasteiger partial charge in [-0.05, 0) is 43.3 Å². The lowest BCUT2D eigenvalue weighted by Gasteiger charge is -2.07. The summed E-state index contributed by atoms with van der Waals surface area (Å²) in [6, 6.07) is 10.6. The number of amides is 1. The number of hydrogen-bond donors (Lipinski definition) is 3. The maximum Gasteiger partial charge on any atom is 0.253 e. The molecule has 28 heavy (non-hydrogen) atoms. The van der Waals surface area contributed by atoms with Gasteiger partial charge in [0, 0.05) is 17.5 Å². The van der Waals surface area contributed by atoms with Crippen molar-refractivity contribution in [3.63, 3.8) is 0 Å². The van der Waals surface area contributed by atoms with Gasteiger partial charge in [0.25, 0.3) is 5.91 Å². The summed E-state index contributed by atoms with van der Waals surface area (Å²) in [4.78, 5) is 22.7. The summed E-state index contributed by atoms with van der Waals surface area (Å²) in [7, 11) is 0. The predicted molar refractivity (Wildman–Crippen MR) is 112 cm³/mol. The first-order chi connectivity index (χ1) is 13.5. The van der Waals surface area contributed by atoms with Gasteiger partial charge in [-0.25, -0.2) is 9.37 Å². The zero-order valence-corrected chi connectivity index (χ0v) is 16.6. The van der Waals surface area contributed by atoms with Crippen molar-refractivity contribution in [3.05, 3.63) is 68.5 Å². The van der Waals surface area contributed by atoms with Gasteiger partial charge in [-0.15, -0.1) is 11.3 Å². The fraction of sp³-hybridized carbons (Fsp3) is 0.150. The Morgan fingerprint density at radius 1 is 1.25 bits per heavy atom. The fourth-order valence-corrected chi connectivity index (χ4v) is 3.87. The number of aromatic nitrogens is 3. The van der Waals surface area contributed by atoms with Crippen molar-refractivity contribution in [1.82, 2.24) is 20.3 Å². The molecule has 0 radical (unpaired) electrons. The van der Waals surface area contributed by atoms with Crippen LogP contribution in [0, 0.1) is 17.5 Å². The molecule has 0 saturated heterocycles. The second-order valence-electron chi connectivity index (χ2n) is 6.41. The van der Waals surface area contributed by atoms with Crippen LogP contribution in [0.2, 0.25) is 0 Å². The molecule has 5 nitrogen and oxygen atoms in total. The number of imidazole rings is 1. The van der Waals surface area contributed by atoms with Crippen molar-refractivity contribution in [3.8, 4) is 11.3 Å². The maximum atomic E-state index is 13.8. The van der Waals surface area contributed by atoms with E-state index in [1.807, 2.05) is 36.6 Å². The number of aromatic amines is 2. The van der Waals surface area contributed by atoms with Gasteiger partial charge in [0.15, 0.2) is 4.77 Å². The van der Waals surface area contributed by atoms with E-state index in [2.05, 4.69) is 20.3 Å². The van der Waals surface area contributed by atoms with Gasteiger partial charge >= 0.3 is 0 Å². The molecule has 0 aliphatic heterocycles. The molecular weight excluding hydrogens is 395 g/mol. The monoisotopic (exact) mass is 412 g/mol. The lowest BCUT2D eigenvalue weighted by atomic mass is 10.1. The van der Waals surface area contributed by atoms with E-state index in [4.69, 9.17) is 12.2 Å². The molecule has 0 spiro atoms. The minimum absolute atomic E-state index is 0.233. The highest BCUT2D eigenvalue weighted by molar-refractivity contribution is 7.71. The molecule has 3 N–H and O–H groups in total. The molecule has 2 heterocycles. The van der Waals surface area contributed by atoms with Gasteiger partial charge < -0.3 is 15.3 Å². The Bertz CT molecular complexity index is 1210. The number of benzene rings is 2. The van der Waals surface area contributed by atoms with E-state index in [-0.39, 0.29) is 11.5 Å². The highest BCUT2D eigenvalue weighted by Gasteiger charge is 2.13. The van der Waals surface area contributed by atoms with Crippen LogP contribution in [0.3, 0.4) is 0 Å². The number of thiazole rings is 1. The lowest BCUT2D eigenvalue weighted by molar-refractivity contribution is 0.0955. The van der Waals surface area contributed by atoms with E-state index >= 15 is 0 Å². The molecule has 0 saturated carbocycles. The van der Waals surface area contributed by atoms with Crippen LogP contribution in [0.4, 0.5) is 4.39 Å². The average molecular weight is 413 g/mol. The zero-order valence-electron chi connectivity index (χ0n) is 15.0. The van der Waals surface area contributed by atoms with Crippen molar-refractivity contribution in [2.45, 2.75) is 13.3 Å². The number of carbonyl (C=O) groups is 1. The third-order valence-corrected chi connectivity index (χ3v) is 5.38. The third kappa shape index (κ3) is 3.88. The SMILES string of the molecule is Cc1nc(-c2ccc(CCNC(=O)c3cc(F)cc4[nH]c(=S)[nH]c34)cc2)cs1. The van der Waals surface area contributed by atoms with Crippen molar-refractivity contribution < 1.29 is 9.18 Å². The molecular formula is C20H17FN4OS2. The Morgan fingerprint density at radius 2 is 2.04 bits per heavy atom. The van der Waals surface area contributed by atoms with Gasteiger partial charge in [-0.2, -0.15) is 0 Å². The van der Waals surface area contributed by atoms with Crippen molar-refractivity contribution in [2.24, 2.45) is 0 Å². The van der Waals surface area contributed by atoms with Crippen molar-refractivity contribution in [1.29, 1.82) is 0 Å². The van der Waals surface area contributed by atoms with Crippen LogP contribution < -0.4 is 5.32 Å². The van der Waals surface area contributed by atoms with E-state index in [9.17, 15) is 9.18 Å². The highest BCUT2D eigenvalue weighted by Crippen LogP contribution is 2.22. The van der Waals surface area contributed by atoms with E-state index in [0.29, 0.717) is 28.8 Å². The van der Waals surface area contributed by atoms with E-state index in [1.165, 1.54) is 12.1 Å². The third-order valence-electron chi connectivity index (χ3n) is 4.40. The smallest absolute Gasteiger partial charge is 0.253 e. The maximum absolute atomic E-state index is 13.8. The van der Waals surface area contributed by atoms with Crippen LogP contribution in [-0.2, 0) is 6.42 Å². The standard InChI is InChI=1S/C20H17FN4OS2/c1-11-23-17(10-28-11)13-4-2-12(3-5-13)6-7-22-19(26)15-8-14(21)9-16-18(15)25-20(27)24-16/h2-5,8-10H,6-7H2,1H3,(H,22,26)(H2,24,25,27). The van der Waals surface area contributed by atoms with E-state index in [1.54, 1.807) is 11.3 Å². The second-order valence-corrected chi connectivity index (χ2v) is 7.88. The van der Waals surface area contributed by atoms with Crippen molar-refractivity contribution in [2.75, 3.05) is 6.54 Å². The summed E-state index contributed by atoms with van der Waals surface area (Å²) in [5.41, 5.74) is 4.36.